The van der Waals surface area contributed by atoms with Crippen LogP contribution in [0.5, 0.6) is 28.7 Å². The standard InChI is InChI=1S/C29H30N2O6/c1-34-21-9-7-20(8-10-21)31-15-13-30(14-16-31)18-23-24(32)12-11-22-27(33)26(37-29(22)23)17-19-5-4-6-25(35-2)28(19)36-3/h4-12,17,32H,13-16,18H2,1-3H3/b26-17-. The molecule has 0 spiro atoms. The Morgan fingerprint density at radius 2 is 1.68 bits per heavy atom. The summed E-state index contributed by atoms with van der Waals surface area (Å²) in [7, 11) is 4.78. The van der Waals surface area contributed by atoms with Gasteiger partial charge in [-0.1, -0.05) is 12.1 Å². The van der Waals surface area contributed by atoms with Crippen molar-refractivity contribution in [2.75, 3.05) is 52.4 Å². The molecule has 1 fully saturated rings. The van der Waals surface area contributed by atoms with Crippen molar-refractivity contribution in [1.82, 2.24) is 4.90 Å². The van der Waals surface area contributed by atoms with Crippen LogP contribution in [0.15, 0.2) is 60.4 Å². The lowest BCUT2D eigenvalue weighted by Gasteiger charge is -2.36. The largest absolute Gasteiger partial charge is 0.507 e. The molecule has 3 aromatic rings. The number of rotatable bonds is 7. The molecule has 37 heavy (non-hydrogen) atoms. The van der Waals surface area contributed by atoms with E-state index in [2.05, 4.69) is 21.9 Å². The van der Waals surface area contributed by atoms with E-state index in [9.17, 15) is 9.90 Å². The summed E-state index contributed by atoms with van der Waals surface area (Å²) in [5.74, 6) is 2.39. The van der Waals surface area contributed by atoms with Gasteiger partial charge in [-0.3, -0.25) is 9.69 Å². The minimum Gasteiger partial charge on any atom is -0.507 e. The van der Waals surface area contributed by atoms with Crippen molar-refractivity contribution in [3.05, 3.63) is 77.0 Å². The van der Waals surface area contributed by atoms with Crippen LogP contribution in [-0.2, 0) is 6.54 Å². The van der Waals surface area contributed by atoms with Crippen LogP contribution in [-0.4, -0.2) is 63.3 Å². The van der Waals surface area contributed by atoms with Crippen molar-refractivity contribution in [3.63, 3.8) is 0 Å². The van der Waals surface area contributed by atoms with E-state index in [1.54, 1.807) is 45.6 Å². The van der Waals surface area contributed by atoms with E-state index in [1.807, 2.05) is 24.3 Å². The van der Waals surface area contributed by atoms with Gasteiger partial charge in [0.05, 0.1) is 32.5 Å². The summed E-state index contributed by atoms with van der Waals surface area (Å²) < 4.78 is 22.2. The van der Waals surface area contributed by atoms with Gasteiger partial charge in [-0.25, -0.2) is 0 Å². The van der Waals surface area contributed by atoms with E-state index in [4.69, 9.17) is 18.9 Å². The van der Waals surface area contributed by atoms with Gasteiger partial charge in [-0.15, -0.1) is 0 Å². The number of ketones is 1. The van der Waals surface area contributed by atoms with Gasteiger partial charge in [0.25, 0.3) is 0 Å². The number of anilines is 1. The summed E-state index contributed by atoms with van der Waals surface area (Å²) in [4.78, 5) is 17.8. The number of piperazine rings is 1. The summed E-state index contributed by atoms with van der Waals surface area (Å²) >= 11 is 0. The van der Waals surface area contributed by atoms with E-state index < -0.39 is 0 Å². The van der Waals surface area contributed by atoms with E-state index in [1.165, 1.54) is 0 Å². The number of carbonyl (C=O) groups excluding carboxylic acids is 1. The number of aromatic hydroxyl groups is 1. The topological polar surface area (TPSA) is 80.7 Å². The molecule has 0 aromatic heterocycles. The fourth-order valence-electron chi connectivity index (χ4n) is 4.80. The highest BCUT2D eigenvalue weighted by Crippen LogP contribution is 2.41. The van der Waals surface area contributed by atoms with Crippen molar-refractivity contribution >= 4 is 17.5 Å². The first-order chi connectivity index (χ1) is 18.0. The Hall–Kier alpha value is -4.17. The minimum atomic E-state index is -0.231. The zero-order valence-electron chi connectivity index (χ0n) is 21.2. The lowest BCUT2D eigenvalue weighted by atomic mass is 10.0. The van der Waals surface area contributed by atoms with Crippen LogP contribution in [0.25, 0.3) is 6.08 Å². The Morgan fingerprint density at radius 3 is 2.35 bits per heavy atom. The summed E-state index contributed by atoms with van der Waals surface area (Å²) in [5, 5.41) is 10.7. The number of ether oxygens (including phenoxy) is 4. The molecule has 5 rings (SSSR count). The number of para-hydroxylation sites is 1. The first kappa shape index (κ1) is 24.5. The number of phenols is 1. The van der Waals surface area contributed by atoms with E-state index >= 15 is 0 Å². The molecule has 1 saturated heterocycles. The molecule has 192 valence electrons. The molecule has 2 aliphatic rings. The molecule has 0 amide bonds. The van der Waals surface area contributed by atoms with Crippen LogP contribution < -0.4 is 23.8 Å². The van der Waals surface area contributed by atoms with Crippen molar-refractivity contribution in [3.8, 4) is 28.7 Å². The lowest BCUT2D eigenvalue weighted by molar-refractivity contribution is 0.101. The highest BCUT2D eigenvalue weighted by molar-refractivity contribution is 6.15. The maximum absolute atomic E-state index is 13.2. The summed E-state index contributed by atoms with van der Waals surface area (Å²) in [6, 6.07) is 16.7. The van der Waals surface area contributed by atoms with Crippen molar-refractivity contribution in [1.29, 1.82) is 0 Å². The molecule has 8 nitrogen and oxygen atoms in total. The van der Waals surface area contributed by atoms with E-state index in [0.29, 0.717) is 40.5 Å². The molecule has 8 heteroatoms. The number of Topliss-reactive ketones (excluding diaryl/α,β-unsaturated/α-hetero) is 1. The number of benzene rings is 3. The number of hydrogen-bond donors (Lipinski definition) is 1. The monoisotopic (exact) mass is 502 g/mol. The van der Waals surface area contributed by atoms with Gasteiger partial charge in [0.15, 0.2) is 17.3 Å². The number of phenolic OH excluding ortho intramolecular Hbond substituents is 1. The van der Waals surface area contributed by atoms with Crippen LogP contribution in [0.2, 0.25) is 0 Å². The Bertz CT molecular complexity index is 1330. The van der Waals surface area contributed by atoms with Crippen LogP contribution in [0.4, 0.5) is 5.69 Å². The summed E-state index contributed by atoms with van der Waals surface area (Å²) in [5.41, 5.74) is 2.88. The van der Waals surface area contributed by atoms with Gasteiger partial charge in [-0.05, 0) is 48.5 Å². The van der Waals surface area contributed by atoms with Gasteiger partial charge in [0.1, 0.15) is 17.2 Å². The Labute approximate surface area is 216 Å². The predicted molar refractivity (Wildman–Crippen MR) is 141 cm³/mol. The maximum Gasteiger partial charge on any atom is 0.231 e. The summed E-state index contributed by atoms with van der Waals surface area (Å²) in [6.45, 7) is 3.81. The SMILES string of the molecule is COc1ccc(N2CCN(Cc3c(O)ccc4c3O/C(=C\c3cccc(OC)c3OC)C4=O)CC2)cc1. The predicted octanol–water partition coefficient (Wildman–Crippen LogP) is 4.36. The molecule has 2 aliphatic heterocycles. The molecule has 1 N–H and O–H groups in total. The molecule has 0 unspecified atom stereocenters. The van der Waals surface area contributed by atoms with Gasteiger partial charge in [0.2, 0.25) is 5.78 Å². The molecule has 0 radical (unpaired) electrons. The highest BCUT2D eigenvalue weighted by Gasteiger charge is 2.32. The van der Waals surface area contributed by atoms with Crippen LogP contribution in [0, 0.1) is 0 Å². The van der Waals surface area contributed by atoms with Crippen LogP contribution >= 0.6 is 0 Å². The number of hydrogen-bond acceptors (Lipinski definition) is 8. The third kappa shape index (κ3) is 4.80. The number of nitrogens with zero attached hydrogens (tertiary/aromatic N) is 2. The second kappa shape index (κ2) is 10.4. The maximum atomic E-state index is 13.2. The van der Waals surface area contributed by atoms with Gasteiger partial charge in [-0.2, -0.15) is 0 Å². The molecule has 2 heterocycles. The zero-order chi connectivity index (χ0) is 25.9. The van der Waals surface area contributed by atoms with Crippen LogP contribution in [0.3, 0.4) is 0 Å². The normalized spacial score (nSPS) is 16.5. The lowest BCUT2D eigenvalue weighted by Crippen LogP contribution is -2.46. The second-order valence-corrected chi connectivity index (χ2v) is 8.92. The molecule has 0 saturated carbocycles. The Morgan fingerprint density at radius 1 is 0.919 bits per heavy atom. The van der Waals surface area contributed by atoms with Gasteiger partial charge >= 0.3 is 0 Å². The number of fused-ring (bicyclic) bond motifs is 1. The molecule has 0 aliphatic carbocycles. The zero-order valence-corrected chi connectivity index (χ0v) is 21.2. The minimum absolute atomic E-state index is 0.115. The average Bonchev–Trinajstić information content (AvgIpc) is 3.25. The van der Waals surface area contributed by atoms with E-state index in [-0.39, 0.29) is 17.3 Å². The van der Waals surface area contributed by atoms with E-state index in [0.717, 1.165) is 37.6 Å². The number of methoxy groups -OCH3 is 3. The van der Waals surface area contributed by atoms with Crippen molar-refractivity contribution < 1.29 is 28.8 Å². The number of allylic oxidation sites excluding steroid dienone is 1. The fraction of sp³-hybridized carbons (Fsp3) is 0.276. The first-order valence-electron chi connectivity index (χ1n) is 12.1. The molecule has 3 aromatic carbocycles. The van der Waals surface area contributed by atoms with Crippen LogP contribution in [0.1, 0.15) is 21.5 Å². The fourth-order valence-corrected chi connectivity index (χ4v) is 4.80. The number of carbonyl (C=O) groups is 1. The van der Waals surface area contributed by atoms with Crippen molar-refractivity contribution in [2.24, 2.45) is 0 Å². The average molecular weight is 503 g/mol. The Balaban J connectivity index is 1.33. The summed E-state index contributed by atoms with van der Waals surface area (Å²) in [6.07, 6.45) is 1.65. The Kier molecular flexibility index (Phi) is 6.92. The molecule has 0 bridgehead atoms. The molecular weight excluding hydrogens is 472 g/mol. The van der Waals surface area contributed by atoms with Gasteiger partial charge in [0, 0.05) is 44.0 Å². The third-order valence-corrected chi connectivity index (χ3v) is 6.83. The molecule has 0 atom stereocenters. The highest BCUT2D eigenvalue weighted by atomic mass is 16.5. The third-order valence-electron chi connectivity index (χ3n) is 6.83. The quantitative estimate of drug-likeness (QED) is 0.478. The molecular formula is C29H30N2O6. The van der Waals surface area contributed by atoms with Gasteiger partial charge < -0.3 is 29.0 Å². The first-order valence-corrected chi connectivity index (χ1v) is 12.1. The smallest absolute Gasteiger partial charge is 0.231 e. The van der Waals surface area contributed by atoms with Crippen molar-refractivity contribution in [2.45, 2.75) is 6.54 Å². The second-order valence-electron chi connectivity index (χ2n) is 8.92.